The molecule has 1 rings (SSSR count). The predicted octanol–water partition coefficient (Wildman–Crippen LogP) is 0.751. The van der Waals surface area contributed by atoms with E-state index in [0.717, 1.165) is 5.57 Å². The molecule has 0 aromatic rings. The molecule has 4 nitrogen and oxygen atoms in total. The van der Waals surface area contributed by atoms with Gasteiger partial charge < -0.3 is 10.5 Å². The molecule has 70 valence electrons. The van der Waals surface area contributed by atoms with E-state index in [1.54, 1.807) is 12.3 Å². The molecule has 0 radical (unpaired) electrons. The van der Waals surface area contributed by atoms with Crippen LogP contribution in [0.3, 0.4) is 0 Å². The third kappa shape index (κ3) is 2.74. The molecule has 0 aromatic heterocycles. The van der Waals surface area contributed by atoms with Crippen LogP contribution >= 0.6 is 0 Å². The normalized spacial score (nSPS) is 17.2. The summed E-state index contributed by atoms with van der Waals surface area (Å²) in [5.74, 6) is -0.203. The van der Waals surface area contributed by atoms with Crippen LogP contribution in [0.2, 0.25) is 0 Å². The highest BCUT2D eigenvalue weighted by Crippen LogP contribution is 2.09. The third-order valence-electron chi connectivity index (χ3n) is 1.57. The molecule has 0 saturated heterocycles. The lowest BCUT2D eigenvalue weighted by molar-refractivity contribution is -0.117. The SMILES string of the molecule is CCO/C=C\C1=C(N)CC(=O)N=C1. The van der Waals surface area contributed by atoms with E-state index in [-0.39, 0.29) is 12.3 Å². The highest BCUT2D eigenvalue weighted by molar-refractivity contribution is 5.98. The Morgan fingerprint density at radius 1 is 1.77 bits per heavy atom. The van der Waals surface area contributed by atoms with Gasteiger partial charge in [-0.1, -0.05) is 0 Å². The van der Waals surface area contributed by atoms with Gasteiger partial charge in [0.05, 0.1) is 19.3 Å². The third-order valence-corrected chi connectivity index (χ3v) is 1.57. The number of hydrogen-bond acceptors (Lipinski definition) is 3. The van der Waals surface area contributed by atoms with Crippen molar-refractivity contribution in [3.8, 4) is 0 Å². The Labute approximate surface area is 76.8 Å². The second-order valence-electron chi connectivity index (χ2n) is 2.57. The number of nitrogens with two attached hydrogens (primary N) is 1. The first-order valence-electron chi connectivity index (χ1n) is 4.07. The van der Waals surface area contributed by atoms with E-state index in [2.05, 4.69) is 4.99 Å². The zero-order valence-electron chi connectivity index (χ0n) is 7.49. The Bertz CT molecular complexity index is 290. The van der Waals surface area contributed by atoms with Gasteiger partial charge in [-0.3, -0.25) is 4.79 Å². The van der Waals surface area contributed by atoms with Crippen molar-refractivity contribution >= 4 is 12.1 Å². The van der Waals surface area contributed by atoms with Crippen molar-refractivity contribution in [2.75, 3.05) is 6.61 Å². The van der Waals surface area contributed by atoms with Gasteiger partial charge in [-0.15, -0.1) is 0 Å². The van der Waals surface area contributed by atoms with Crippen LogP contribution < -0.4 is 5.73 Å². The number of ether oxygens (including phenoxy) is 1. The topological polar surface area (TPSA) is 64.7 Å². The average Bonchev–Trinajstić information content (AvgIpc) is 2.09. The molecule has 0 bridgehead atoms. The highest BCUT2D eigenvalue weighted by atomic mass is 16.5. The maximum absolute atomic E-state index is 10.8. The summed E-state index contributed by atoms with van der Waals surface area (Å²) in [6.45, 7) is 2.50. The van der Waals surface area contributed by atoms with Crippen LogP contribution in [0, 0.1) is 0 Å². The highest BCUT2D eigenvalue weighted by Gasteiger charge is 2.09. The monoisotopic (exact) mass is 180 g/mol. The summed E-state index contributed by atoms with van der Waals surface area (Å²) >= 11 is 0. The number of amides is 1. The minimum Gasteiger partial charge on any atom is -0.501 e. The molecule has 1 aliphatic heterocycles. The number of carbonyl (C=O) groups is 1. The number of aliphatic imine (C=N–C) groups is 1. The molecule has 0 saturated carbocycles. The quantitative estimate of drug-likeness (QED) is 0.652. The zero-order valence-corrected chi connectivity index (χ0v) is 7.49. The smallest absolute Gasteiger partial charge is 0.251 e. The van der Waals surface area contributed by atoms with Crippen LogP contribution in [0.5, 0.6) is 0 Å². The Kier molecular flexibility index (Phi) is 3.25. The fourth-order valence-corrected chi connectivity index (χ4v) is 0.903. The Morgan fingerprint density at radius 2 is 2.54 bits per heavy atom. The Morgan fingerprint density at radius 3 is 3.15 bits per heavy atom. The number of dihydropyridines is 1. The Hall–Kier alpha value is -1.58. The molecule has 1 amide bonds. The molecular formula is C9H12N2O2. The summed E-state index contributed by atoms with van der Waals surface area (Å²) in [5, 5.41) is 0. The van der Waals surface area contributed by atoms with E-state index >= 15 is 0 Å². The van der Waals surface area contributed by atoms with E-state index < -0.39 is 0 Å². The van der Waals surface area contributed by atoms with Crippen molar-refractivity contribution in [2.45, 2.75) is 13.3 Å². The van der Waals surface area contributed by atoms with Crippen LogP contribution in [0.25, 0.3) is 0 Å². The second-order valence-corrected chi connectivity index (χ2v) is 2.57. The summed E-state index contributed by atoms with van der Waals surface area (Å²) in [6.07, 6.45) is 4.90. The van der Waals surface area contributed by atoms with Gasteiger partial charge in [-0.05, 0) is 13.0 Å². The van der Waals surface area contributed by atoms with Crippen LogP contribution in [0.1, 0.15) is 13.3 Å². The number of rotatable bonds is 3. The summed E-state index contributed by atoms with van der Waals surface area (Å²) in [5.41, 5.74) is 6.89. The van der Waals surface area contributed by atoms with Crippen LogP contribution in [0.15, 0.2) is 28.6 Å². The largest absolute Gasteiger partial charge is 0.501 e. The molecule has 13 heavy (non-hydrogen) atoms. The molecular weight excluding hydrogens is 168 g/mol. The van der Waals surface area contributed by atoms with E-state index in [0.29, 0.717) is 12.3 Å². The fourth-order valence-electron chi connectivity index (χ4n) is 0.903. The molecule has 0 aromatic carbocycles. The average molecular weight is 180 g/mol. The number of nitrogens with zero attached hydrogens (tertiary/aromatic N) is 1. The van der Waals surface area contributed by atoms with Gasteiger partial charge in [0.1, 0.15) is 0 Å². The van der Waals surface area contributed by atoms with Gasteiger partial charge in [-0.2, -0.15) is 0 Å². The molecule has 0 spiro atoms. The van der Waals surface area contributed by atoms with Gasteiger partial charge in [0.15, 0.2) is 0 Å². The molecule has 4 heteroatoms. The van der Waals surface area contributed by atoms with E-state index in [1.165, 1.54) is 6.21 Å². The number of allylic oxidation sites excluding steroid dienone is 2. The van der Waals surface area contributed by atoms with E-state index in [9.17, 15) is 4.79 Å². The van der Waals surface area contributed by atoms with Gasteiger partial charge in [0, 0.05) is 17.5 Å². The van der Waals surface area contributed by atoms with Crippen molar-refractivity contribution in [2.24, 2.45) is 10.7 Å². The van der Waals surface area contributed by atoms with Crippen LogP contribution in [-0.4, -0.2) is 18.7 Å². The summed E-state index contributed by atoms with van der Waals surface area (Å²) < 4.78 is 4.99. The maximum Gasteiger partial charge on any atom is 0.251 e. The van der Waals surface area contributed by atoms with Gasteiger partial charge in [-0.25, -0.2) is 4.99 Å². The minimum atomic E-state index is -0.203. The standard InChI is InChI=1S/C9H12N2O2/c1-2-13-4-3-7-6-11-9(12)5-8(7)10/h3-4,6H,2,5,10H2,1H3/b4-3-. The van der Waals surface area contributed by atoms with Crippen molar-refractivity contribution in [1.29, 1.82) is 0 Å². The molecule has 2 N–H and O–H groups in total. The van der Waals surface area contributed by atoms with Crippen molar-refractivity contribution in [1.82, 2.24) is 0 Å². The predicted molar refractivity (Wildman–Crippen MR) is 50.1 cm³/mol. The summed E-state index contributed by atoms with van der Waals surface area (Å²) in [6, 6.07) is 0. The van der Waals surface area contributed by atoms with Crippen LogP contribution in [0.4, 0.5) is 0 Å². The van der Waals surface area contributed by atoms with Crippen molar-refractivity contribution in [3.05, 3.63) is 23.6 Å². The lowest BCUT2D eigenvalue weighted by Gasteiger charge is -2.06. The first kappa shape index (κ1) is 9.51. The molecule has 0 fully saturated rings. The molecule has 1 heterocycles. The molecule has 0 atom stereocenters. The first-order chi connectivity index (χ1) is 6.24. The lowest BCUT2D eigenvalue weighted by Crippen LogP contribution is -2.12. The van der Waals surface area contributed by atoms with E-state index in [1.807, 2.05) is 6.92 Å². The van der Waals surface area contributed by atoms with Gasteiger partial charge in [0.2, 0.25) is 0 Å². The Balaban J connectivity index is 2.64. The van der Waals surface area contributed by atoms with Crippen molar-refractivity contribution < 1.29 is 9.53 Å². The molecule has 0 aliphatic carbocycles. The molecule has 1 aliphatic rings. The number of hydrogen-bond donors (Lipinski definition) is 1. The van der Waals surface area contributed by atoms with Gasteiger partial charge >= 0.3 is 0 Å². The zero-order chi connectivity index (χ0) is 9.68. The lowest BCUT2D eigenvalue weighted by atomic mass is 10.1. The van der Waals surface area contributed by atoms with Crippen molar-refractivity contribution in [3.63, 3.8) is 0 Å². The summed E-state index contributed by atoms with van der Waals surface area (Å²) in [4.78, 5) is 14.4. The molecule has 0 unspecified atom stereocenters. The maximum atomic E-state index is 10.8. The number of carbonyl (C=O) groups excluding carboxylic acids is 1. The minimum absolute atomic E-state index is 0.197. The fraction of sp³-hybridized carbons (Fsp3) is 0.333. The first-order valence-corrected chi connectivity index (χ1v) is 4.07. The second kappa shape index (κ2) is 4.45. The van der Waals surface area contributed by atoms with E-state index in [4.69, 9.17) is 10.5 Å². The van der Waals surface area contributed by atoms with Gasteiger partial charge in [0.25, 0.3) is 5.91 Å². The summed E-state index contributed by atoms with van der Waals surface area (Å²) in [7, 11) is 0. The van der Waals surface area contributed by atoms with Crippen LogP contribution in [-0.2, 0) is 9.53 Å².